The normalized spacial score (nSPS) is 23.3. The number of allylic oxidation sites excluding steroid dienone is 9. The van der Waals surface area contributed by atoms with Gasteiger partial charge in [0.15, 0.2) is 0 Å². The Kier molecular flexibility index (Phi) is 6.88. The summed E-state index contributed by atoms with van der Waals surface area (Å²) in [6.45, 7) is 3.18. The number of para-hydroxylation sites is 2. The highest BCUT2D eigenvalue weighted by Crippen LogP contribution is 2.63. The molecule has 51 heavy (non-hydrogen) atoms. The fourth-order valence-corrected chi connectivity index (χ4v) is 9.44. The van der Waals surface area contributed by atoms with Crippen LogP contribution in [-0.2, 0) is 16.6 Å². The summed E-state index contributed by atoms with van der Waals surface area (Å²) >= 11 is 0. The molecule has 2 aromatic heterocycles. The summed E-state index contributed by atoms with van der Waals surface area (Å²) in [4.78, 5) is 4.28. The number of aromatic nitrogens is 2. The monoisotopic (exact) mass is 668 g/mol. The SMILES string of the molecule is CCC(/C=C(\N)c1cccnc1)c1ccc2c(c1)Oc1ccccc1C21C2=C(CC(n3c4c(c5ccccc53)CCN4)C=C2)OC2=CC=CCC21. The van der Waals surface area contributed by atoms with Crippen LogP contribution in [-0.4, -0.2) is 16.1 Å². The molecule has 5 heterocycles. The maximum absolute atomic E-state index is 7.01. The molecular formula is C45H40N4O2. The van der Waals surface area contributed by atoms with Crippen LogP contribution in [0.4, 0.5) is 5.82 Å². The molecule has 3 aliphatic heterocycles. The molecule has 0 fully saturated rings. The number of anilines is 1. The molecule has 3 aromatic carbocycles. The lowest BCUT2D eigenvalue weighted by Gasteiger charge is -2.51. The van der Waals surface area contributed by atoms with Crippen molar-refractivity contribution in [3.8, 4) is 11.5 Å². The van der Waals surface area contributed by atoms with E-state index < -0.39 is 5.41 Å². The highest BCUT2D eigenvalue weighted by Gasteiger charge is 2.56. The Morgan fingerprint density at radius 3 is 2.82 bits per heavy atom. The van der Waals surface area contributed by atoms with Crippen LogP contribution in [0.3, 0.4) is 0 Å². The number of nitrogens with two attached hydrogens (primary N) is 1. The van der Waals surface area contributed by atoms with Gasteiger partial charge in [0.1, 0.15) is 28.8 Å². The lowest BCUT2D eigenvalue weighted by molar-refractivity contribution is 0.163. The molecular weight excluding hydrogens is 629 g/mol. The van der Waals surface area contributed by atoms with Crippen molar-refractivity contribution in [3.05, 3.63) is 173 Å². The molecule has 10 rings (SSSR count). The van der Waals surface area contributed by atoms with E-state index in [0.29, 0.717) is 0 Å². The second kappa shape index (κ2) is 11.7. The van der Waals surface area contributed by atoms with Crippen molar-refractivity contribution in [3.63, 3.8) is 0 Å². The summed E-state index contributed by atoms with van der Waals surface area (Å²) in [5, 5.41) is 5.06. The first kappa shape index (κ1) is 30.1. The van der Waals surface area contributed by atoms with Crippen LogP contribution in [0, 0.1) is 5.92 Å². The van der Waals surface area contributed by atoms with E-state index >= 15 is 0 Å². The Morgan fingerprint density at radius 1 is 1.04 bits per heavy atom. The molecule has 4 atom stereocenters. The van der Waals surface area contributed by atoms with Gasteiger partial charge in [-0.3, -0.25) is 4.98 Å². The molecule has 0 saturated heterocycles. The van der Waals surface area contributed by atoms with Crippen LogP contribution >= 0.6 is 0 Å². The molecule has 5 aliphatic rings. The lowest BCUT2D eigenvalue weighted by Crippen LogP contribution is -2.46. The van der Waals surface area contributed by atoms with Gasteiger partial charge < -0.3 is 25.1 Å². The second-order valence-electron chi connectivity index (χ2n) is 14.3. The van der Waals surface area contributed by atoms with E-state index in [2.05, 4.69) is 125 Å². The average Bonchev–Trinajstić information content (AvgIpc) is 3.78. The predicted octanol–water partition coefficient (Wildman–Crippen LogP) is 9.83. The summed E-state index contributed by atoms with van der Waals surface area (Å²) in [6.07, 6.45) is 20.7. The fourth-order valence-electron chi connectivity index (χ4n) is 9.44. The van der Waals surface area contributed by atoms with Crippen LogP contribution < -0.4 is 15.8 Å². The first-order chi connectivity index (χ1) is 25.1. The van der Waals surface area contributed by atoms with Crippen LogP contribution in [0.25, 0.3) is 16.6 Å². The Morgan fingerprint density at radius 2 is 1.92 bits per heavy atom. The van der Waals surface area contributed by atoms with Gasteiger partial charge in [-0.15, -0.1) is 0 Å². The van der Waals surface area contributed by atoms with E-state index in [1.807, 2.05) is 18.3 Å². The van der Waals surface area contributed by atoms with E-state index in [-0.39, 0.29) is 17.9 Å². The first-order valence-corrected chi connectivity index (χ1v) is 18.3. The molecule has 6 nitrogen and oxygen atoms in total. The van der Waals surface area contributed by atoms with Crippen LogP contribution in [0.1, 0.15) is 66.0 Å². The molecule has 4 unspecified atom stereocenters. The van der Waals surface area contributed by atoms with Crippen LogP contribution in [0.15, 0.2) is 145 Å². The molecule has 0 amide bonds. The second-order valence-corrected chi connectivity index (χ2v) is 14.3. The number of fused-ring (bicyclic) bond motifs is 10. The maximum atomic E-state index is 7.01. The Bertz CT molecular complexity index is 2380. The van der Waals surface area contributed by atoms with Crippen molar-refractivity contribution in [1.82, 2.24) is 9.55 Å². The van der Waals surface area contributed by atoms with Gasteiger partial charge in [-0.1, -0.05) is 85.8 Å². The van der Waals surface area contributed by atoms with E-state index in [4.69, 9.17) is 15.2 Å². The van der Waals surface area contributed by atoms with Gasteiger partial charge in [0, 0.05) is 76.1 Å². The number of pyridine rings is 1. The lowest BCUT2D eigenvalue weighted by atomic mass is 9.56. The minimum atomic E-state index is -0.487. The third-order valence-electron chi connectivity index (χ3n) is 11.7. The fraction of sp³-hybridized carbons (Fsp3) is 0.222. The number of nitrogens with zero attached hydrogens (tertiary/aromatic N) is 2. The summed E-state index contributed by atoms with van der Waals surface area (Å²) in [6, 6.07) is 28.3. The number of benzene rings is 3. The third-order valence-corrected chi connectivity index (χ3v) is 11.7. The highest BCUT2D eigenvalue weighted by molar-refractivity contribution is 5.91. The zero-order valence-electron chi connectivity index (χ0n) is 28.7. The zero-order chi connectivity index (χ0) is 34.1. The van der Waals surface area contributed by atoms with Gasteiger partial charge in [0.25, 0.3) is 0 Å². The number of hydrogen-bond acceptors (Lipinski definition) is 5. The summed E-state index contributed by atoms with van der Waals surface area (Å²) in [7, 11) is 0. The van der Waals surface area contributed by atoms with Crippen LogP contribution in [0.5, 0.6) is 11.5 Å². The average molecular weight is 669 g/mol. The van der Waals surface area contributed by atoms with E-state index in [9.17, 15) is 0 Å². The molecule has 0 bridgehead atoms. The van der Waals surface area contributed by atoms with Crippen molar-refractivity contribution in [2.45, 2.75) is 50.0 Å². The maximum Gasteiger partial charge on any atom is 0.132 e. The molecule has 2 aliphatic carbocycles. The smallest absolute Gasteiger partial charge is 0.132 e. The van der Waals surface area contributed by atoms with E-state index in [1.165, 1.54) is 44.5 Å². The van der Waals surface area contributed by atoms with Crippen molar-refractivity contribution in [2.24, 2.45) is 11.7 Å². The van der Waals surface area contributed by atoms with Crippen molar-refractivity contribution >= 4 is 22.4 Å². The molecule has 0 saturated carbocycles. The predicted molar refractivity (Wildman–Crippen MR) is 204 cm³/mol. The van der Waals surface area contributed by atoms with Gasteiger partial charge in [0.2, 0.25) is 0 Å². The van der Waals surface area contributed by atoms with Crippen LogP contribution in [0.2, 0.25) is 0 Å². The highest BCUT2D eigenvalue weighted by atomic mass is 16.5. The van der Waals surface area contributed by atoms with Gasteiger partial charge in [-0.05, 0) is 61.2 Å². The molecule has 6 heteroatoms. The number of rotatable bonds is 5. The van der Waals surface area contributed by atoms with Crippen molar-refractivity contribution < 1.29 is 9.47 Å². The minimum absolute atomic E-state index is 0.0820. The van der Waals surface area contributed by atoms with E-state index in [0.717, 1.165) is 66.5 Å². The zero-order valence-corrected chi connectivity index (χ0v) is 28.7. The van der Waals surface area contributed by atoms with Gasteiger partial charge in [-0.25, -0.2) is 0 Å². The number of nitrogens with one attached hydrogen (secondary N) is 1. The minimum Gasteiger partial charge on any atom is -0.465 e. The van der Waals surface area contributed by atoms with Crippen molar-refractivity contribution in [2.75, 3.05) is 11.9 Å². The van der Waals surface area contributed by atoms with Gasteiger partial charge in [0.05, 0.1) is 17.0 Å². The summed E-state index contributed by atoms with van der Waals surface area (Å²) in [5.41, 5.74) is 15.3. The Balaban J connectivity index is 1.13. The van der Waals surface area contributed by atoms with Gasteiger partial charge >= 0.3 is 0 Å². The Hall–Kier alpha value is -5.75. The Labute approximate surface area is 298 Å². The standard InChI is InChI=1S/C45H40N4O2/c1-2-28(24-38(46)30-10-9-22-47-27-30)29-17-19-36-42(25-29)50-40-15-7-4-12-34(40)45(36)35-13-5-8-16-41(35)51-43-26-31(18-20-37(43)45)49-39-14-6-3-11-32(39)33-21-23-48-44(33)49/h3-12,14-20,22,24-25,27-28,31,35,48H,2,13,21,23,26,46H2,1H3/b38-24-. The number of ether oxygens (including phenoxy) is 2. The van der Waals surface area contributed by atoms with E-state index in [1.54, 1.807) is 6.20 Å². The molecule has 3 N–H and O–H groups in total. The molecule has 5 aromatic rings. The third kappa shape index (κ3) is 4.45. The molecule has 1 spiro atoms. The largest absolute Gasteiger partial charge is 0.465 e. The number of hydrogen-bond donors (Lipinski definition) is 2. The topological polar surface area (TPSA) is 74.3 Å². The first-order valence-electron chi connectivity index (χ1n) is 18.3. The quantitative estimate of drug-likeness (QED) is 0.195. The van der Waals surface area contributed by atoms with Gasteiger partial charge in [-0.2, -0.15) is 0 Å². The molecule has 252 valence electrons. The summed E-state index contributed by atoms with van der Waals surface area (Å²) < 4.78 is 16.4. The van der Waals surface area contributed by atoms with Crippen molar-refractivity contribution in [1.29, 1.82) is 0 Å². The summed E-state index contributed by atoms with van der Waals surface area (Å²) in [5.74, 6) is 5.31. The molecule has 0 radical (unpaired) electrons.